The summed E-state index contributed by atoms with van der Waals surface area (Å²) < 4.78 is 37.2. The molecule has 0 heterocycles. The summed E-state index contributed by atoms with van der Waals surface area (Å²) in [6.45, 7) is 0. The van der Waals surface area contributed by atoms with Gasteiger partial charge in [-0.3, -0.25) is 0 Å². The maximum absolute atomic E-state index is 12.4. The quantitative estimate of drug-likeness (QED) is 0.794. The van der Waals surface area contributed by atoms with E-state index >= 15 is 0 Å². The highest BCUT2D eigenvalue weighted by Gasteiger charge is 2.31. The minimum Gasteiger partial charge on any atom is -0.350 e. The van der Waals surface area contributed by atoms with Gasteiger partial charge in [0, 0.05) is 11.6 Å². The van der Waals surface area contributed by atoms with Crippen molar-refractivity contribution >= 4 is 22.9 Å². The Hall–Kier alpha value is -1.10. The molecule has 0 unspecified atom stereocenters. The molecule has 16 heavy (non-hydrogen) atoms. The number of hydrogen-bond donors (Lipinski definition) is 1. The molecule has 1 fully saturated rings. The van der Waals surface area contributed by atoms with Crippen LogP contribution in [0.5, 0.6) is 0 Å². The van der Waals surface area contributed by atoms with E-state index in [1.165, 1.54) is 6.07 Å². The van der Waals surface area contributed by atoms with Crippen molar-refractivity contribution in [1.82, 2.24) is 0 Å². The Kier molecular flexibility index (Phi) is 2.88. The number of alkyl halides is 3. The Bertz CT molecular complexity index is 410. The summed E-state index contributed by atoms with van der Waals surface area (Å²) in [5.41, 5.74) is -0.247. The highest BCUT2D eigenvalue weighted by atomic mass is 32.1. The molecule has 0 aromatic heterocycles. The zero-order chi connectivity index (χ0) is 11.8. The van der Waals surface area contributed by atoms with Crippen molar-refractivity contribution in [1.29, 1.82) is 0 Å². The lowest BCUT2D eigenvalue weighted by molar-refractivity contribution is -0.137. The molecule has 2 rings (SSSR count). The molecule has 1 aromatic rings. The first-order valence-corrected chi connectivity index (χ1v) is 5.36. The number of anilines is 1. The molecule has 0 amide bonds. The third-order valence-corrected chi connectivity index (χ3v) is 2.84. The molecule has 0 aliphatic heterocycles. The van der Waals surface area contributed by atoms with E-state index in [0.717, 1.165) is 25.0 Å². The standard InChI is InChI=1S/C11H10F3NS/c12-11(13,14)8-2-1-3-9(6-8)15-10(16)7-4-5-7/h1-3,6-7H,4-5H2,(H,15,16). The van der Waals surface area contributed by atoms with E-state index in [2.05, 4.69) is 5.32 Å². The first-order valence-electron chi connectivity index (χ1n) is 4.95. The van der Waals surface area contributed by atoms with E-state index in [1.807, 2.05) is 0 Å². The van der Waals surface area contributed by atoms with Crippen molar-refractivity contribution in [2.45, 2.75) is 19.0 Å². The highest BCUT2D eigenvalue weighted by molar-refractivity contribution is 7.80. The van der Waals surface area contributed by atoms with E-state index in [9.17, 15) is 13.2 Å². The van der Waals surface area contributed by atoms with Gasteiger partial charge in [0.15, 0.2) is 0 Å². The zero-order valence-electron chi connectivity index (χ0n) is 8.34. The fraction of sp³-hybridized carbons (Fsp3) is 0.364. The van der Waals surface area contributed by atoms with Gasteiger partial charge in [0.25, 0.3) is 0 Å². The van der Waals surface area contributed by atoms with Crippen LogP contribution in [0.1, 0.15) is 18.4 Å². The maximum atomic E-state index is 12.4. The van der Waals surface area contributed by atoms with Crippen molar-refractivity contribution in [2.24, 2.45) is 5.92 Å². The molecule has 1 saturated carbocycles. The molecule has 1 nitrogen and oxygen atoms in total. The predicted molar refractivity (Wildman–Crippen MR) is 60.4 cm³/mol. The molecule has 1 aliphatic carbocycles. The molecule has 1 N–H and O–H groups in total. The number of halogens is 3. The van der Waals surface area contributed by atoms with Crippen molar-refractivity contribution in [2.75, 3.05) is 5.32 Å². The minimum atomic E-state index is -4.31. The van der Waals surface area contributed by atoms with E-state index in [0.29, 0.717) is 16.6 Å². The Morgan fingerprint density at radius 3 is 2.56 bits per heavy atom. The molecule has 1 aromatic carbocycles. The number of benzene rings is 1. The Morgan fingerprint density at radius 1 is 1.31 bits per heavy atom. The topological polar surface area (TPSA) is 12.0 Å². The fourth-order valence-electron chi connectivity index (χ4n) is 1.36. The van der Waals surface area contributed by atoms with E-state index < -0.39 is 11.7 Å². The maximum Gasteiger partial charge on any atom is 0.416 e. The SMILES string of the molecule is FC(F)(F)c1cccc(NC(=S)C2CC2)c1. The van der Waals surface area contributed by atoms with Crippen molar-refractivity contribution in [3.05, 3.63) is 29.8 Å². The van der Waals surface area contributed by atoms with E-state index in [-0.39, 0.29) is 0 Å². The first kappa shape index (κ1) is 11.4. The van der Waals surface area contributed by atoms with Crippen molar-refractivity contribution in [3.63, 3.8) is 0 Å². The average Bonchev–Trinajstić information content (AvgIpc) is 2.99. The molecule has 1 aliphatic rings. The summed E-state index contributed by atoms with van der Waals surface area (Å²) in [6.07, 6.45) is -2.24. The van der Waals surface area contributed by atoms with Crippen LogP contribution in [0.15, 0.2) is 24.3 Å². The molecule has 5 heteroatoms. The molecule has 0 saturated heterocycles. The van der Waals surface area contributed by atoms with Gasteiger partial charge in [-0.2, -0.15) is 13.2 Å². The van der Waals surface area contributed by atoms with Gasteiger partial charge in [0.05, 0.1) is 10.6 Å². The minimum absolute atomic E-state index is 0.351. The highest BCUT2D eigenvalue weighted by Crippen LogP contribution is 2.33. The molecule has 0 radical (unpaired) electrons. The summed E-state index contributed by atoms with van der Waals surface area (Å²) >= 11 is 5.07. The normalized spacial score (nSPS) is 15.9. The Balaban J connectivity index is 2.12. The molecule has 0 bridgehead atoms. The van der Waals surface area contributed by atoms with Gasteiger partial charge in [0.2, 0.25) is 0 Å². The Morgan fingerprint density at radius 2 is 2.00 bits per heavy atom. The molecule has 0 spiro atoms. The lowest BCUT2D eigenvalue weighted by Crippen LogP contribution is -2.12. The van der Waals surface area contributed by atoms with Gasteiger partial charge in [-0.1, -0.05) is 18.3 Å². The fourth-order valence-corrected chi connectivity index (χ4v) is 1.72. The van der Waals surface area contributed by atoms with Crippen LogP contribution in [-0.2, 0) is 6.18 Å². The van der Waals surface area contributed by atoms with Crippen LogP contribution in [0.3, 0.4) is 0 Å². The molecular formula is C11H10F3NS. The second-order valence-electron chi connectivity index (χ2n) is 3.84. The summed E-state index contributed by atoms with van der Waals surface area (Å²) in [7, 11) is 0. The lowest BCUT2D eigenvalue weighted by atomic mass is 10.2. The summed E-state index contributed by atoms with van der Waals surface area (Å²) in [5, 5.41) is 2.85. The van der Waals surface area contributed by atoms with Crippen LogP contribution in [0, 0.1) is 5.92 Å². The number of rotatable bonds is 2. The predicted octanol–water partition coefficient (Wildman–Crippen LogP) is 3.85. The monoisotopic (exact) mass is 245 g/mol. The van der Waals surface area contributed by atoms with Crippen LogP contribution >= 0.6 is 12.2 Å². The second kappa shape index (κ2) is 4.05. The number of nitrogens with one attached hydrogen (secondary N) is 1. The van der Waals surface area contributed by atoms with E-state index in [4.69, 9.17) is 12.2 Å². The van der Waals surface area contributed by atoms with Crippen molar-refractivity contribution < 1.29 is 13.2 Å². The third kappa shape index (κ3) is 2.72. The van der Waals surface area contributed by atoms with Gasteiger partial charge in [-0.15, -0.1) is 0 Å². The lowest BCUT2D eigenvalue weighted by Gasteiger charge is -2.10. The summed E-state index contributed by atoms with van der Waals surface area (Å²) in [5.74, 6) is 0.351. The first-order chi connectivity index (χ1) is 7.47. The van der Waals surface area contributed by atoms with Crippen molar-refractivity contribution in [3.8, 4) is 0 Å². The number of thiocarbonyl (C=S) groups is 1. The van der Waals surface area contributed by atoms with Crippen LogP contribution in [0.25, 0.3) is 0 Å². The zero-order valence-corrected chi connectivity index (χ0v) is 9.16. The van der Waals surface area contributed by atoms with Crippen LogP contribution in [0.2, 0.25) is 0 Å². The van der Waals surface area contributed by atoms with Gasteiger partial charge in [0.1, 0.15) is 0 Å². The second-order valence-corrected chi connectivity index (χ2v) is 4.28. The van der Waals surface area contributed by atoms with Gasteiger partial charge in [-0.05, 0) is 31.0 Å². The summed E-state index contributed by atoms with van der Waals surface area (Å²) in [4.78, 5) is 0.638. The average molecular weight is 245 g/mol. The number of hydrogen-bond acceptors (Lipinski definition) is 1. The van der Waals surface area contributed by atoms with Gasteiger partial charge in [-0.25, -0.2) is 0 Å². The van der Waals surface area contributed by atoms with Gasteiger partial charge < -0.3 is 5.32 Å². The third-order valence-electron chi connectivity index (χ3n) is 2.41. The largest absolute Gasteiger partial charge is 0.416 e. The molecule has 86 valence electrons. The van der Waals surface area contributed by atoms with E-state index in [1.54, 1.807) is 6.07 Å². The van der Waals surface area contributed by atoms with Crippen LogP contribution < -0.4 is 5.32 Å². The molecular weight excluding hydrogens is 235 g/mol. The Labute approximate surface area is 96.7 Å². The van der Waals surface area contributed by atoms with Gasteiger partial charge >= 0.3 is 6.18 Å². The van der Waals surface area contributed by atoms with Crippen LogP contribution in [-0.4, -0.2) is 4.99 Å². The summed E-state index contributed by atoms with van der Waals surface area (Å²) in [6, 6.07) is 5.09. The smallest absolute Gasteiger partial charge is 0.350 e. The van der Waals surface area contributed by atoms with Crippen LogP contribution in [0.4, 0.5) is 18.9 Å². The molecule has 0 atom stereocenters.